The zero-order chi connectivity index (χ0) is 19.1. The van der Waals surface area contributed by atoms with Crippen molar-refractivity contribution in [2.75, 3.05) is 6.61 Å². The molecule has 0 bridgehead atoms. The summed E-state index contributed by atoms with van der Waals surface area (Å²) in [6, 6.07) is 4.19. The Labute approximate surface area is 151 Å². The summed E-state index contributed by atoms with van der Waals surface area (Å²) in [5.41, 5.74) is -1.82. The van der Waals surface area contributed by atoms with Crippen molar-refractivity contribution in [3.05, 3.63) is 55.2 Å². The van der Waals surface area contributed by atoms with Crippen LogP contribution in [0.1, 0.15) is 18.6 Å². The number of aryl methyl sites for hydroxylation is 1. The summed E-state index contributed by atoms with van der Waals surface area (Å²) >= 11 is 0. The molecule has 1 atom stereocenters. The predicted octanol–water partition coefficient (Wildman–Crippen LogP) is 0.898. The molecule has 1 aliphatic heterocycles. The van der Waals surface area contributed by atoms with Crippen LogP contribution in [0, 0.1) is 6.92 Å². The van der Waals surface area contributed by atoms with Gasteiger partial charge in [-0.05, 0) is 31.9 Å². The van der Waals surface area contributed by atoms with Gasteiger partial charge in [-0.1, -0.05) is 0 Å². The molecular weight excluding hydrogens is 354 g/mol. The summed E-state index contributed by atoms with van der Waals surface area (Å²) in [5.74, 6) is -0.0257. The Morgan fingerprint density at radius 3 is 2.85 bits per heavy atom. The third-order valence-corrected chi connectivity index (χ3v) is 4.56. The largest absolute Gasteiger partial charge is 0.507 e. The van der Waals surface area contributed by atoms with Crippen LogP contribution in [0.25, 0.3) is 22.3 Å². The molecule has 9 heteroatoms. The number of aromatic nitrogens is 3. The molecule has 1 aliphatic rings. The molecule has 0 amide bonds. The Balaban J connectivity index is 1.94. The first kappa shape index (κ1) is 17.2. The molecule has 1 fully saturated rings. The summed E-state index contributed by atoms with van der Waals surface area (Å²) in [7, 11) is 0. The molecule has 4 rings (SSSR count). The fourth-order valence-corrected chi connectivity index (χ4v) is 3.29. The van der Waals surface area contributed by atoms with Crippen LogP contribution in [0.15, 0.2) is 37.0 Å². The molecule has 27 heavy (non-hydrogen) atoms. The van der Waals surface area contributed by atoms with E-state index in [9.17, 15) is 19.5 Å². The number of hydrogen-bond donors (Lipinski definition) is 2. The molecule has 3 aromatic heterocycles. The van der Waals surface area contributed by atoms with Gasteiger partial charge in [-0.15, -0.1) is 0 Å². The van der Waals surface area contributed by atoms with Gasteiger partial charge >= 0.3 is 11.3 Å². The number of hydrogen-bond acceptors (Lipinski definition) is 7. The summed E-state index contributed by atoms with van der Waals surface area (Å²) < 4.78 is 11.9. The lowest BCUT2D eigenvalue weighted by molar-refractivity contribution is 0.0967. The molecule has 9 nitrogen and oxygen atoms in total. The molecule has 0 aromatic carbocycles. The van der Waals surface area contributed by atoms with Crippen molar-refractivity contribution in [2.24, 2.45) is 0 Å². The van der Waals surface area contributed by atoms with Crippen LogP contribution in [0.4, 0.5) is 0 Å². The number of pyridine rings is 1. The zero-order valence-corrected chi connectivity index (χ0v) is 14.5. The smallest absolute Gasteiger partial charge is 0.349 e. The number of fused-ring (bicyclic) bond motifs is 1. The van der Waals surface area contributed by atoms with E-state index in [2.05, 4.69) is 9.97 Å². The molecule has 4 heterocycles. The van der Waals surface area contributed by atoms with E-state index in [1.807, 2.05) is 0 Å². The first-order valence-corrected chi connectivity index (χ1v) is 8.53. The maximum atomic E-state index is 12.4. The van der Waals surface area contributed by atoms with Gasteiger partial charge in [0.15, 0.2) is 0 Å². The Hall–Kier alpha value is -3.20. The molecule has 0 saturated carbocycles. The van der Waals surface area contributed by atoms with Crippen LogP contribution in [0.2, 0.25) is 0 Å². The lowest BCUT2D eigenvalue weighted by Crippen LogP contribution is -2.34. The molecule has 1 unspecified atom stereocenters. The van der Waals surface area contributed by atoms with E-state index in [4.69, 9.17) is 9.15 Å². The number of rotatable bonds is 3. The summed E-state index contributed by atoms with van der Waals surface area (Å²) in [5, 5.41) is 10.4. The van der Waals surface area contributed by atoms with E-state index in [0.29, 0.717) is 6.61 Å². The second-order valence-electron chi connectivity index (χ2n) is 6.48. The zero-order valence-electron chi connectivity index (χ0n) is 14.5. The van der Waals surface area contributed by atoms with Gasteiger partial charge in [0.05, 0.1) is 23.7 Å². The van der Waals surface area contributed by atoms with Crippen molar-refractivity contribution in [1.29, 1.82) is 0 Å². The van der Waals surface area contributed by atoms with Crippen molar-refractivity contribution in [3.63, 3.8) is 0 Å². The van der Waals surface area contributed by atoms with Crippen LogP contribution >= 0.6 is 0 Å². The maximum absolute atomic E-state index is 12.4. The highest BCUT2D eigenvalue weighted by atomic mass is 16.5. The van der Waals surface area contributed by atoms with E-state index in [0.717, 1.165) is 12.8 Å². The lowest BCUT2D eigenvalue weighted by Gasteiger charge is -2.14. The van der Waals surface area contributed by atoms with Crippen LogP contribution < -0.4 is 16.9 Å². The highest BCUT2D eigenvalue weighted by Gasteiger charge is 2.21. The quantitative estimate of drug-likeness (QED) is 0.700. The minimum Gasteiger partial charge on any atom is -0.507 e. The first-order valence-electron chi connectivity index (χ1n) is 8.53. The number of aromatic hydroxyl groups is 1. The second-order valence-corrected chi connectivity index (χ2v) is 6.48. The summed E-state index contributed by atoms with van der Waals surface area (Å²) in [4.78, 5) is 43.3. The number of nitrogens with zero attached hydrogens (tertiary/aromatic N) is 2. The van der Waals surface area contributed by atoms with Crippen LogP contribution in [-0.2, 0) is 11.3 Å². The van der Waals surface area contributed by atoms with Gasteiger partial charge < -0.3 is 14.3 Å². The standard InChI is InChI=1S/C18H17N3O6/c1-9-7-13(22)14(17(24)27-9)12-5-4-11-15(19-12)21(18(25)20-16(11)23)8-10-3-2-6-26-10/h4-5,7,10,22H,2-3,6,8H2,1H3,(H,20,23,25). The number of nitrogens with one attached hydrogen (secondary N) is 1. The van der Waals surface area contributed by atoms with Gasteiger partial charge in [0.1, 0.15) is 22.7 Å². The molecule has 0 aliphatic carbocycles. The second kappa shape index (κ2) is 6.51. The first-order chi connectivity index (χ1) is 12.9. The van der Waals surface area contributed by atoms with Gasteiger partial charge in [-0.2, -0.15) is 0 Å². The van der Waals surface area contributed by atoms with E-state index in [1.54, 1.807) is 0 Å². The van der Waals surface area contributed by atoms with Crippen molar-refractivity contribution < 1.29 is 14.3 Å². The minimum absolute atomic E-state index is 0.111. The number of aromatic amines is 1. The Kier molecular flexibility index (Phi) is 4.15. The molecular formula is C18H17N3O6. The normalized spacial score (nSPS) is 16.9. The molecule has 2 N–H and O–H groups in total. The molecule has 3 aromatic rings. The topological polar surface area (TPSA) is 127 Å². The maximum Gasteiger partial charge on any atom is 0.349 e. The average molecular weight is 371 g/mol. The van der Waals surface area contributed by atoms with Crippen molar-refractivity contribution >= 4 is 11.0 Å². The third kappa shape index (κ3) is 3.06. The monoisotopic (exact) mass is 371 g/mol. The highest BCUT2D eigenvalue weighted by Crippen LogP contribution is 2.26. The summed E-state index contributed by atoms with van der Waals surface area (Å²) in [6.07, 6.45) is 1.55. The molecule has 1 saturated heterocycles. The van der Waals surface area contributed by atoms with E-state index >= 15 is 0 Å². The van der Waals surface area contributed by atoms with Gasteiger partial charge in [-0.25, -0.2) is 14.6 Å². The Morgan fingerprint density at radius 1 is 1.33 bits per heavy atom. The lowest BCUT2D eigenvalue weighted by atomic mass is 10.1. The Morgan fingerprint density at radius 2 is 2.15 bits per heavy atom. The van der Waals surface area contributed by atoms with Crippen LogP contribution in [-0.4, -0.2) is 32.4 Å². The fourth-order valence-electron chi connectivity index (χ4n) is 3.29. The minimum atomic E-state index is -0.753. The molecule has 0 spiro atoms. The highest BCUT2D eigenvalue weighted by molar-refractivity contribution is 5.78. The SMILES string of the molecule is Cc1cc(O)c(-c2ccc3c(=O)[nH]c(=O)n(CC4CCCO4)c3n2)c(=O)o1. The van der Waals surface area contributed by atoms with Gasteiger partial charge in [0.25, 0.3) is 5.56 Å². The van der Waals surface area contributed by atoms with E-state index in [-0.39, 0.29) is 46.4 Å². The predicted molar refractivity (Wildman–Crippen MR) is 96.0 cm³/mol. The third-order valence-electron chi connectivity index (χ3n) is 4.56. The van der Waals surface area contributed by atoms with Crippen molar-refractivity contribution in [2.45, 2.75) is 32.4 Å². The molecule has 0 radical (unpaired) electrons. The van der Waals surface area contributed by atoms with E-state index < -0.39 is 16.9 Å². The fraction of sp³-hybridized carbons (Fsp3) is 0.333. The molecule has 140 valence electrons. The van der Waals surface area contributed by atoms with Gasteiger partial charge in [0.2, 0.25) is 0 Å². The average Bonchev–Trinajstić information content (AvgIpc) is 3.10. The van der Waals surface area contributed by atoms with E-state index in [1.165, 1.54) is 29.7 Å². The van der Waals surface area contributed by atoms with Crippen LogP contribution in [0.3, 0.4) is 0 Å². The Bertz CT molecular complexity index is 1200. The van der Waals surface area contributed by atoms with Crippen molar-refractivity contribution in [3.8, 4) is 17.0 Å². The number of ether oxygens (including phenoxy) is 1. The number of H-pyrrole nitrogens is 1. The summed E-state index contributed by atoms with van der Waals surface area (Å²) in [6.45, 7) is 2.40. The van der Waals surface area contributed by atoms with Crippen molar-refractivity contribution in [1.82, 2.24) is 14.5 Å². The van der Waals surface area contributed by atoms with Gasteiger partial charge in [-0.3, -0.25) is 14.3 Å². The van der Waals surface area contributed by atoms with Gasteiger partial charge in [0, 0.05) is 12.7 Å². The van der Waals surface area contributed by atoms with Crippen LogP contribution in [0.5, 0.6) is 5.75 Å².